The Morgan fingerprint density at radius 2 is 1.80 bits per heavy atom. The van der Waals surface area contributed by atoms with Crippen LogP contribution in [0.3, 0.4) is 0 Å². The van der Waals surface area contributed by atoms with Gasteiger partial charge in [-0.05, 0) is 51.1 Å². The zero-order valence-corrected chi connectivity index (χ0v) is 9.21. The molecule has 0 aromatic carbocycles. The first-order valence-corrected chi connectivity index (χ1v) is 6.45. The molecule has 0 saturated carbocycles. The Labute approximate surface area is 91.0 Å². The maximum absolute atomic E-state index is 14.1. The largest absolute Gasteiger partial charge is 0.317 e. The number of rotatable bonds is 1. The molecule has 4 unspecified atom stereocenters. The van der Waals surface area contributed by atoms with Gasteiger partial charge in [-0.2, -0.15) is 0 Å². The van der Waals surface area contributed by atoms with Gasteiger partial charge in [0.15, 0.2) is 0 Å². The number of hydrogen-bond donors (Lipinski definition) is 2. The lowest BCUT2D eigenvalue weighted by molar-refractivity contribution is 0.0729. The fourth-order valence-corrected chi connectivity index (χ4v) is 3.87. The smallest absolute Gasteiger partial charge is 0.106 e. The number of fused-ring (bicyclic) bond motifs is 2. The van der Waals surface area contributed by atoms with Crippen LogP contribution in [0.1, 0.15) is 32.1 Å². The van der Waals surface area contributed by atoms with Crippen molar-refractivity contribution in [1.29, 1.82) is 0 Å². The van der Waals surface area contributed by atoms with Crippen molar-refractivity contribution in [2.24, 2.45) is 11.8 Å². The van der Waals surface area contributed by atoms with Gasteiger partial charge in [0.1, 0.15) is 6.17 Å². The normalized spacial score (nSPS) is 47.0. The molecule has 0 radical (unpaired) electrons. The third kappa shape index (κ3) is 1.80. The Balaban J connectivity index is 1.71. The summed E-state index contributed by atoms with van der Waals surface area (Å²) in [6, 6.07) is 0.977. The van der Waals surface area contributed by atoms with Crippen molar-refractivity contribution in [2.75, 3.05) is 13.1 Å². The van der Waals surface area contributed by atoms with Gasteiger partial charge in [-0.3, -0.25) is 0 Å². The highest BCUT2D eigenvalue weighted by molar-refractivity contribution is 5.00. The molecule has 4 atom stereocenters. The molecule has 3 heterocycles. The lowest BCUT2D eigenvalue weighted by atomic mass is 9.75. The van der Waals surface area contributed by atoms with Gasteiger partial charge in [0, 0.05) is 18.0 Å². The van der Waals surface area contributed by atoms with E-state index >= 15 is 0 Å². The summed E-state index contributed by atoms with van der Waals surface area (Å²) in [6.45, 7) is 2.17. The Morgan fingerprint density at radius 3 is 2.60 bits per heavy atom. The Hall–Kier alpha value is -0.150. The highest BCUT2D eigenvalue weighted by atomic mass is 19.1. The summed E-state index contributed by atoms with van der Waals surface area (Å²) in [4.78, 5) is 0. The molecule has 3 heteroatoms. The van der Waals surface area contributed by atoms with Crippen molar-refractivity contribution >= 4 is 0 Å². The molecule has 0 aromatic heterocycles. The molecule has 15 heavy (non-hydrogen) atoms. The monoisotopic (exact) mass is 212 g/mol. The number of halogens is 1. The average molecular weight is 212 g/mol. The summed E-state index contributed by atoms with van der Waals surface area (Å²) < 4.78 is 14.1. The van der Waals surface area contributed by atoms with Gasteiger partial charge >= 0.3 is 0 Å². The van der Waals surface area contributed by atoms with Crippen LogP contribution in [0.25, 0.3) is 0 Å². The van der Waals surface area contributed by atoms with Crippen molar-refractivity contribution in [3.8, 4) is 0 Å². The quantitative estimate of drug-likeness (QED) is 0.687. The summed E-state index contributed by atoms with van der Waals surface area (Å²) >= 11 is 0. The average Bonchev–Trinajstić information content (AvgIpc) is 2.62. The Kier molecular flexibility index (Phi) is 2.69. The van der Waals surface area contributed by atoms with Gasteiger partial charge < -0.3 is 10.6 Å². The van der Waals surface area contributed by atoms with Crippen molar-refractivity contribution in [3.05, 3.63) is 0 Å². The van der Waals surface area contributed by atoms with E-state index in [2.05, 4.69) is 10.6 Å². The molecular weight excluding hydrogens is 191 g/mol. The van der Waals surface area contributed by atoms with Crippen LogP contribution < -0.4 is 10.6 Å². The molecule has 0 amide bonds. The second kappa shape index (κ2) is 4.02. The van der Waals surface area contributed by atoms with Crippen LogP contribution in [0.4, 0.5) is 4.39 Å². The van der Waals surface area contributed by atoms with E-state index in [1.165, 1.54) is 25.7 Å². The van der Waals surface area contributed by atoms with E-state index in [9.17, 15) is 4.39 Å². The van der Waals surface area contributed by atoms with Gasteiger partial charge in [-0.25, -0.2) is 4.39 Å². The SMILES string of the molecule is FC1CC2CCC(N2)C1C1CCNCC1. The van der Waals surface area contributed by atoms with Gasteiger partial charge in [-0.15, -0.1) is 0 Å². The molecular formula is C12H21FN2. The molecule has 0 spiro atoms. The summed E-state index contributed by atoms with van der Waals surface area (Å²) in [5.41, 5.74) is 0. The Bertz CT molecular complexity index is 228. The van der Waals surface area contributed by atoms with Crippen LogP contribution in [-0.2, 0) is 0 Å². The first-order valence-electron chi connectivity index (χ1n) is 6.45. The van der Waals surface area contributed by atoms with Gasteiger partial charge in [-0.1, -0.05) is 0 Å². The maximum Gasteiger partial charge on any atom is 0.106 e. The maximum atomic E-state index is 14.1. The molecule has 0 aliphatic carbocycles. The number of alkyl halides is 1. The number of hydrogen-bond acceptors (Lipinski definition) is 2. The van der Waals surface area contributed by atoms with E-state index < -0.39 is 6.17 Å². The molecule has 2 bridgehead atoms. The summed E-state index contributed by atoms with van der Waals surface area (Å²) in [7, 11) is 0. The van der Waals surface area contributed by atoms with E-state index in [-0.39, 0.29) is 0 Å². The van der Waals surface area contributed by atoms with Crippen LogP contribution in [0.15, 0.2) is 0 Å². The molecule has 3 saturated heterocycles. The number of piperidine rings is 2. The third-order valence-corrected chi connectivity index (χ3v) is 4.60. The standard InChI is InChI=1S/C12H21FN2/c13-10-7-9-1-2-11(15-9)12(10)8-3-5-14-6-4-8/h8-12,14-15H,1-7H2. The predicted molar refractivity (Wildman–Crippen MR) is 58.5 cm³/mol. The third-order valence-electron chi connectivity index (χ3n) is 4.60. The van der Waals surface area contributed by atoms with Gasteiger partial charge in [0.05, 0.1) is 0 Å². The van der Waals surface area contributed by atoms with Crippen molar-refractivity contribution < 1.29 is 4.39 Å². The fourth-order valence-electron chi connectivity index (χ4n) is 3.87. The van der Waals surface area contributed by atoms with Crippen LogP contribution in [0, 0.1) is 11.8 Å². The molecule has 86 valence electrons. The molecule has 0 aromatic rings. The molecule has 3 aliphatic heterocycles. The summed E-state index contributed by atoms with van der Waals surface area (Å²) in [6.07, 6.45) is 4.99. The minimum Gasteiger partial charge on any atom is -0.317 e. The van der Waals surface area contributed by atoms with E-state index in [0.717, 1.165) is 19.5 Å². The van der Waals surface area contributed by atoms with Gasteiger partial charge in [0.2, 0.25) is 0 Å². The lowest BCUT2D eigenvalue weighted by Gasteiger charge is -2.40. The second-order valence-corrected chi connectivity index (χ2v) is 5.46. The molecule has 2 nitrogen and oxygen atoms in total. The van der Waals surface area contributed by atoms with E-state index in [0.29, 0.717) is 23.9 Å². The molecule has 3 rings (SSSR count). The molecule has 2 N–H and O–H groups in total. The molecule has 3 fully saturated rings. The van der Waals surface area contributed by atoms with Crippen LogP contribution >= 0.6 is 0 Å². The van der Waals surface area contributed by atoms with Crippen LogP contribution in [-0.4, -0.2) is 31.3 Å². The summed E-state index contributed by atoms with van der Waals surface area (Å²) in [5, 5.41) is 6.98. The lowest BCUT2D eigenvalue weighted by Crippen LogP contribution is -2.51. The minimum absolute atomic E-state index is 0.311. The van der Waals surface area contributed by atoms with E-state index in [1.54, 1.807) is 0 Å². The van der Waals surface area contributed by atoms with Crippen LogP contribution in [0.2, 0.25) is 0 Å². The van der Waals surface area contributed by atoms with Crippen molar-refractivity contribution in [1.82, 2.24) is 10.6 Å². The van der Waals surface area contributed by atoms with E-state index in [1.807, 2.05) is 0 Å². The first kappa shape index (κ1) is 10.0. The van der Waals surface area contributed by atoms with E-state index in [4.69, 9.17) is 0 Å². The zero-order valence-electron chi connectivity index (χ0n) is 9.21. The van der Waals surface area contributed by atoms with Gasteiger partial charge in [0.25, 0.3) is 0 Å². The fraction of sp³-hybridized carbons (Fsp3) is 1.00. The van der Waals surface area contributed by atoms with Crippen molar-refractivity contribution in [2.45, 2.75) is 50.4 Å². The van der Waals surface area contributed by atoms with Crippen LogP contribution in [0.5, 0.6) is 0 Å². The highest BCUT2D eigenvalue weighted by Crippen LogP contribution is 2.40. The first-order chi connectivity index (χ1) is 7.34. The zero-order chi connectivity index (χ0) is 10.3. The second-order valence-electron chi connectivity index (χ2n) is 5.46. The summed E-state index contributed by atoms with van der Waals surface area (Å²) in [5.74, 6) is 0.934. The number of nitrogens with one attached hydrogen (secondary N) is 2. The Morgan fingerprint density at radius 1 is 1.00 bits per heavy atom. The van der Waals surface area contributed by atoms with Crippen molar-refractivity contribution in [3.63, 3.8) is 0 Å². The topological polar surface area (TPSA) is 24.1 Å². The highest BCUT2D eigenvalue weighted by Gasteiger charge is 2.45. The predicted octanol–water partition coefficient (Wildman–Crippen LogP) is 1.46. The minimum atomic E-state index is -0.535. The molecule has 3 aliphatic rings.